The monoisotopic (exact) mass is 420 g/mol. The van der Waals surface area contributed by atoms with Gasteiger partial charge in [-0.05, 0) is 48.7 Å². The molecule has 1 atom stereocenters. The van der Waals surface area contributed by atoms with E-state index in [1.54, 1.807) is 43.5 Å². The average Bonchev–Trinajstić information content (AvgIpc) is 3.08. The van der Waals surface area contributed by atoms with Crippen molar-refractivity contribution in [2.75, 3.05) is 0 Å². The molecule has 27 heavy (non-hydrogen) atoms. The highest BCUT2D eigenvalue weighted by atomic mass is 35.5. The van der Waals surface area contributed by atoms with Gasteiger partial charge in [-0.1, -0.05) is 29.8 Å². The van der Waals surface area contributed by atoms with Crippen LogP contribution in [0.2, 0.25) is 10.3 Å². The molecule has 4 rings (SSSR count). The van der Waals surface area contributed by atoms with Crippen LogP contribution in [-0.2, 0) is 10.0 Å². The zero-order valence-electron chi connectivity index (χ0n) is 14.2. The molecule has 0 saturated heterocycles. The normalized spacial score (nSPS) is 20.0. The lowest BCUT2D eigenvalue weighted by atomic mass is 9.93. The van der Waals surface area contributed by atoms with E-state index in [4.69, 9.17) is 23.2 Å². The molecule has 3 heterocycles. The van der Waals surface area contributed by atoms with Crippen molar-refractivity contribution >= 4 is 49.8 Å². The summed E-state index contributed by atoms with van der Waals surface area (Å²) in [5.74, 6) is 0. The predicted molar refractivity (Wildman–Crippen MR) is 106 cm³/mol. The number of hydrogen-bond acceptors (Lipinski definition) is 5. The smallest absolute Gasteiger partial charge is 0.237 e. The Morgan fingerprint density at radius 3 is 2.85 bits per heavy atom. The van der Waals surface area contributed by atoms with Crippen LogP contribution in [-0.4, -0.2) is 32.1 Å². The number of halogens is 2. The van der Waals surface area contributed by atoms with Crippen LogP contribution in [0.15, 0.2) is 55.0 Å². The van der Waals surface area contributed by atoms with Gasteiger partial charge in [0.2, 0.25) is 15.3 Å². The molecule has 0 aliphatic heterocycles. The topological polar surface area (TPSA) is 77.7 Å². The van der Waals surface area contributed by atoms with E-state index >= 15 is 0 Å². The lowest BCUT2D eigenvalue weighted by Crippen LogP contribution is -2.38. The summed E-state index contributed by atoms with van der Waals surface area (Å²) in [6.07, 6.45) is 9.83. The van der Waals surface area contributed by atoms with Crippen molar-refractivity contribution in [1.82, 2.24) is 18.9 Å². The van der Waals surface area contributed by atoms with Gasteiger partial charge in [-0.2, -0.15) is 0 Å². The third kappa shape index (κ3) is 2.96. The Bertz CT molecular complexity index is 1220. The van der Waals surface area contributed by atoms with Crippen molar-refractivity contribution in [1.29, 1.82) is 0 Å². The maximum absolute atomic E-state index is 13.5. The van der Waals surface area contributed by atoms with Crippen LogP contribution >= 0.6 is 23.2 Å². The minimum absolute atomic E-state index is 0.0509. The maximum Gasteiger partial charge on any atom is 0.249 e. The molecule has 0 spiro atoms. The quantitative estimate of drug-likeness (QED) is 0.595. The fourth-order valence-electron chi connectivity index (χ4n) is 3.14. The molecule has 1 aliphatic rings. The van der Waals surface area contributed by atoms with Crippen molar-refractivity contribution in [3.05, 3.63) is 71.0 Å². The van der Waals surface area contributed by atoms with E-state index in [0.29, 0.717) is 21.9 Å². The van der Waals surface area contributed by atoms with Gasteiger partial charge in [-0.25, -0.2) is 27.3 Å². The summed E-state index contributed by atoms with van der Waals surface area (Å²) in [4.78, 5) is 12.2. The average molecular weight is 421 g/mol. The fraction of sp³-hybridized carbons (Fsp3) is 0.167. The van der Waals surface area contributed by atoms with E-state index in [1.807, 2.05) is 6.07 Å². The van der Waals surface area contributed by atoms with Gasteiger partial charge in [0.05, 0.1) is 16.9 Å². The molecule has 138 valence electrons. The second kappa shape index (κ2) is 6.44. The second-order valence-electron chi connectivity index (χ2n) is 6.41. The first-order valence-corrected chi connectivity index (χ1v) is 10.3. The molecule has 3 aromatic heterocycles. The molecule has 0 radical (unpaired) electrons. The second-order valence-corrected chi connectivity index (χ2v) is 9.43. The number of fused-ring (bicyclic) bond motifs is 1. The first-order chi connectivity index (χ1) is 12.8. The fourth-order valence-corrected chi connectivity index (χ4v) is 5.12. The number of nitrogens with zero attached hydrogens (tertiary/aromatic N) is 4. The molecule has 0 N–H and O–H groups in total. The Hall–Kier alpha value is -2.22. The third-order valence-corrected chi connectivity index (χ3v) is 7.30. The van der Waals surface area contributed by atoms with E-state index in [0.717, 1.165) is 5.39 Å². The van der Waals surface area contributed by atoms with Gasteiger partial charge in [0.15, 0.2) is 5.65 Å². The molecule has 0 fully saturated rings. The summed E-state index contributed by atoms with van der Waals surface area (Å²) in [5, 5.41) is 1.12. The molecular weight excluding hydrogens is 407 g/mol. The van der Waals surface area contributed by atoms with E-state index in [2.05, 4.69) is 15.0 Å². The standard InChI is InChI=1S/C18H14Cl2N4O2S/c1-18(27(25,26)24-9-6-12-5-3-8-21-16(12)24)7-2-4-13(10-18)15-14(19)11-22-17(20)23-15/h2-9,11H,10H2,1H3. The van der Waals surface area contributed by atoms with Gasteiger partial charge in [0.25, 0.3) is 0 Å². The number of rotatable bonds is 3. The molecule has 1 aliphatic carbocycles. The lowest BCUT2D eigenvalue weighted by Gasteiger charge is -2.30. The minimum Gasteiger partial charge on any atom is -0.237 e. The number of pyridine rings is 1. The highest BCUT2D eigenvalue weighted by molar-refractivity contribution is 7.91. The maximum atomic E-state index is 13.5. The summed E-state index contributed by atoms with van der Waals surface area (Å²) in [5.41, 5.74) is 1.49. The number of hydrogen-bond donors (Lipinski definition) is 0. The van der Waals surface area contributed by atoms with Crippen LogP contribution in [0.1, 0.15) is 19.0 Å². The van der Waals surface area contributed by atoms with Crippen LogP contribution in [0.4, 0.5) is 0 Å². The van der Waals surface area contributed by atoms with E-state index in [9.17, 15) is 8.42 Å². The molecule has 0 saturated carbocycles. The minimum atomic E-state index is -3.80. The first-order valence-electron chi connectivity index (χ1n) is 8.06. The highest BCUT2D eigenvalue weighted by Gasteiger charge is 2.41. The summed E-state index contributed by atoms with van der Waals surface area (Å²) in [7, 11) is -3.80. The molecular formula is C18H14Cl2N4O2S. The largest absolute Gasteiger partial charge is 0.249 e. The molecule has 1 unspecified atom stereocenters. The molecule has 0 bridgehead atoms. The molecule has 0 amide bonds. The van der Waals surface area contributed by atoms with Crippen molar-refractivity contribution in [2.45, 2.75) is 18.1 Å². The Balaban J connectivity index is 1.79. The summed E-state index contributed by atoms with van der Waals surface area (Å²) < 4.78 is 27.0. The van der Waals surface area contributed by atoms with Gasteiger partial charge in [-0.15, -0.1) is 0 Å². The van der Waals surface area contributed by atoms with Crippen LogP contribution in [0.25, 0.3) is 16.6 Å². The van der Waals surface area contributed by atoms with Gasteiger partial charge in [0, 0.05) is 17.8 Å². The van der Waals surface area contributed by atoms with Crippen LogP contribution in [0.5, 0.6) is 0 Å². The predicted octanol–water partition coefficient (Wildman–Crippen LogP) is 4.11. The SMILES string of the molecule is CC1(S(=O)(=O)n2ccc3cccnc32)C=CC=C(c2nc(Cl)ncc2Cl)C1. The Labute approximate surface area is 166 Å². The summed E-state index contributed by atoms with van der Waals surface area (Å²) >= 11 is 12.1. The van der Waals surface area contributed by atoms with Gasteiger partial charge >= 0.3 is 0 Å². The Morgan fingerprint density at radius 1 is 1.22 bits per heavy atom. The van der Waals surface area contributed by atoms with Gasteiger partial charge < -0.3 is 0 Å². The molecule has 0 aromatic carbocycles. The number of allylic oxidation sites excluding steroid dienone is 3. The molecule has 9 heteroatoms. The van der Waals surface area contributed by atoms with Crippen LogP contribution in [0.3, 0.4) is 0 Å². The summed E-state index contributed by atoms with van der Waals surface area (Å²) in [6, 6.07) is 5.32. The zero-order chi connectivity index (χ0) is 19.2. The Kier molecular flexibility index (Phi) is 4.33. The van der Waals surface area contributed by atoms with Crippen molar-refractivity contribution in [3.63, 3.8) is 0 Å². The third-order valence-electron chi connectivity index (χ3n) is 4.57. The van der Waals surface area contributed by atoms with Gasteiger partial charge in [-0.3, -0.25) is 0 Å². The van der Waals surface area contributed by atoms with E-state index in [1.165, 1.54) is 16.4 Å². The van der Waals surface area contributed by atoms with Gasteiger partial charge in [0.1, 0.15) is 4.75 Å². The van der Waals surface area contributed by atoms with E-state index < -0.39 is 14.8 Å². The van der Waals surface area contributed by atoms with Crippen LogP contribution in [0, 0.1) is 0 Å². The van der Waals surface area contributed by atoms with Crippen LogP contribution < -0.4 is 0 Å². The number of aromatic nitrogens is 4. The summed E-state index contributed by atoms with van der Waals surface area (Å²) in [6.45, 7) is 1.66. The molecule has 3 aromatic rings. The highest BCUT2D eigenvalue weighted by Crippen LogP contribution is 2.38. The molecule has 6 nitrogen and oxygen atoms in total. The van der Waals surface area contributed by atoms with Crippen molar-refractivity contribution < 1.29 is 8.42 Å². The van der Waals surface area contributed by atoms with Crippen molar-refractivity contribution in [2.24, 2.45) is 0 Å². The Morgan fingerprint density at radius 2 is 2.04 bits per heavy atom. The van der Waals surface area contributed by atoms with E-state index in [-0.39, 0.29) is 11.7 Å². The zero-order valence-corrected chi connectivity index (χ0v) is 16.5. The lowest BCUT2D eigenvalue weighted by molar-refractivity contribution is 0.556. The van der Waals surface area contributed by atoms with Crippen molar-refractivity contribution in [3.8, 4) is 0 Å². The first kappa shape index (κ1) is 18.2.